The van der Waals surface area contributed by atoms with E-state index in [-0.39, 0.29) is 5.75 Å². The molecule has 5 nitrogen and oxygen atoms in total. The summed E-state index contributed by atoms with van der Waals surface area (Å²) < 4.78 is 21.6. The molecule has 0 spiro atoms. The minimum Gasteiger partial charge on any atom is -0.314 e. The molecule has 2 unspecified atom stereocenters. The number of nitrogens with two attached hydrogens (primary N) is 1. The molecular weight excluding hydrogens is 238 g/mol. The Kier molecular flexibility index (Phi) is 4.07. The Morgan fingerprint density at radius 1 is 1.29 bits per heavy atom. The van der Waals surface area contributed by atoms with Gasteiger partial charge in [0.25, 0.3) is 0 Å². The summed E-state index contributed by atoms with van der Waals surface area (Å²) >= 11 is 0. The number of primary sulfonamides is 1. The van der Waals surface area contributed by atoms with Gasteiger partial charge in [-0.05, 0) is 45.7 Å². The van der Waals surface area contributed by atoms with Crippen molar-refractivity contribution in [3.05, 3.63) is 0 Å². The SMILES string of the molecule is CN1C2CCC1CC(NCCCS(N)(=O)=O)C2. The van der Waals surface area contributed by atoms with Gasteiger partial charge in [0.2, 0.25) is 10.0 Å². The van der Waals surface area contributed by atoms with Gasteiger partial charge in [-0.2, -0.15) is 0 Å². The van der Waals surface area contributed by atoms with E-state index < -0.39 is 10.0 Å². The molecule has 2 aliphatic rings. The highest BCUT2D eigenvalue weighted by Gasteiger charge is 2.37. The number of rotatable bonds is 5. The maximum atomic E-state index is 10.8. The minimum atomic E-state index is -3.29. The summed E-state index contributed by atoms with van der Waals surface area (Å²) in [5, 5.41) is 8.43. The van der Waals surface area contributed by atoms with Gasteiger partial charge in [0.05, 0.1) is 5.75 Å². The third-order valence-electron chi connectivity index (χ3n) is 4.14. The highest BCUT2D eigenvalue weighted by molar-refractivity contribution is 7.89. The quantitative estimate of drug-likeness (QED) is 0.677. The molecule has 17 heavy (non-hydrogen) atoms. The first-order valence-corrected chi connectivity index (χ1v) is 8.13. The van der Waals surface area contributed by atoms with Crippen LogP contribution in [-0.4, -0.2) is 50.8 Å². The summed E-state index contributed by atoms with van der Waals surface area (Å²) in [6.07, 6.45) is 5.64. The van der Waals surface area contributed by atoms with E-state index in [0.29, 0.717) is 12.5 Å². The number of nitrogens with one attached hydrogen (secondary N) is 1. The molecule has 3 N–H and O–H groups in total. The second kappa shape index (κ2) is 5.22. The number of hydrogen-bond acceptors (Lipinski definition) is 4. The van der Waals surface area contributed by atoms with Crippen LogP contribution in [0.4, 0.5) is 0 Å². The van der Waals surface area contributed by atoms with E-state index in [4.69, 9.17) is 5.14 Å². The summed E-state index contributed by atoms with van der Waals surface area (Å²) in [6.45, 7) is 0.754. The van der Waals surface area contributed by atoms with Crippen LogP contribution in [0.2, 0.25) is 0 Å². The van der Waals surface area contributed by atoms with Crippen LogP contribution in [0.15, 0.2) is 0 Å². The molecule has 0 radical (unpaired) electrons. The number of sulfonamides is 1. The van der Waals surface area contributed by atoms with Gasteiger partial charge in [0.15, 0.2) is 0 Å². The van der Waals surface area contributed by atoms with Crippen molar-refractivity contribution in [2.45, 2.75) is 50.2 Å². The fourth-order valence-corrected chi connectivity index (χ4v) is 3.70. The number of piperidine rings is 1. The van der Waals surface area contributed by atoms with Gasteiger partial charge in [-0.3, -0.25) is 0 Å². The standard InChI is InChI=1S/C11H23N3O2S/c1-14-10-3-4-11(14)8-9(7-10)13-5-2-6-17(12,15)16/h9-11,13H,2-8H2,1H3,(H2,12,15,16). The molecule has 2 heterocycles. The van der Waals surface area contributed by atoms with Gasteiger partial charge < -0.3 is 10.2 Å². The van der Waals surface area contributed by atoms with Crippen molar-refractivity contribution in [1.29, 1.82) is 0 Å². The van der Waals surface area contributed by atoms with Crippen molar-refractivity contribution in [3.8, 4) is 0 Å². The lowest BCUT2D eigenvalue weighted by atomic mass is 9.98. The van der Waals surface area contributed by atoms with E-state index in [1.165, 1.54) is 25.7 Å². The summed E-state index contributed by atoms with van der Waals surface area (Å²) in [5.41, 5.74) is 0. The van der Waals surface area contributed by atoms with Crippen LogP contribution in [0.3, 0.4) is 0 Å². The van der Waals surface area contributed by atoms with E-state index >= 15 is 0 Å². The zero-order valence-electron chi connectivity index (χ0n) is 10.4. The van der Waals surface area contributed by atoms with Gasteiger partial charge in [-0.1, -0.05) is 0 Å². The van der Waals surface area contributed by atoms with Gasteiger partial charge >= 0.3 is 0 Å². The maximum Gasteiger partial charge on any atom is 0.209 e. The number of fused-ring (bicyclic) bond motifs is 2. The molecule has 0 amide bonds. The molecule has 2 saturated heterocycles. The molecule has 2 aliphatic heterocycles. The molecule has 2 fully saturated rings. The van der Waals surface area contributed by atoms with E-state index in [1.807, 2.05) is 0 Å². The summed E-state index contributed by atoms with van der Waals surface area (Å²) in [7, 11) is -1.07. The van der Waals surface area contributed by atoms with Crippen molar-refractivity contribution < 1.29 is 8.42 Å². The second-order valence-electron chi connectivity index (χ2n) is 5.39. The van der Waals surface area contributed by atoms with Crippen LogP contribution >= 0.6 is 0 Å². The molecule has 2 atom stereocenters. The molecule has 6 heteroatoms. The van der Waals surface area contributed by atoms with Crippen LogP contribution in [0.1, 0.15) is 32.1 Å². The average Bonchev–Trinajstić information content (AvgIpc) is 2.49. The Balaban J connectivity index is 1.68. The fourth-order valence-electron chi connectivity index (χ4n) is 3.16. The lowest BCUT2D eigenvalue weighted by Gasteiger charge is -2.36. The van der Waals surface area contributed by atoms with E-state index in [1.54, 1.807) is 0 Å². The largest absolute Gasteiger partial charge is 0.314 e. The summed E-state index contributed by atoms with van der Waals surface area (Å²) in [5.74, 6) is 0.0828. The highest BCUT2D eigenvalue weighted by Crippen LogP contribution is 2.34. The van der Waals surface area contributed by atoms with Crippen molar-refractivity contribution >= 4 is 10.0 Å². The van der Waals surface area contributed by atoms with Gasteiger partial charge in [0.1, 0.15) is 0 Å². The Hall–Kier alpha value is -0.170. The first-order chi connectivity index (χ1) is 7.96. The van der Waals surface area contributed by atoms with E-state index in [0.717, 1.165) is 18.6 Å². The van der Waals surface area contributed by atoms with Gasteiger partial charge in [-0.15, -0.1) is 0 Å². The van der Waals surface area contributed by atoms with Gasteiger partial charge in [0, 0.05) is 18.1 Å². The molecule has 0 aromatic carbocycles. The van der Waals surface area contributed by atoms with Crippen LogP contribution in [0, 0.1) is 0 Å². The van der Waals surface area contributed by atoms with E-state index in [9.17, 15) is 8.42 Å². The van der Waals surface area contributed by atoms with Crippen molar-refractivity contribution in [2.24, 2.45) is 5.14 Å². The zero-order valence-corrected chi connectivity index (χ0v) is 11.2. The number of nitrogens with zero attached hydrogens (tertiary/aromatic N) is 1. The average molecular weight is 261 g/mol. The Labute approximate surface area is 104 Å². The first kappa shape index (κ1) is 13.3. The summed E-state index contributed by atoms with van der Waals surface area (Å²) in [4.78, 5) is 2.50. The molecule has 2 rings (SSSR count). The lowest BCUT2D eigenvalue weighted by Crippen LogP contribution is -2.47. The lowest BCUT2D eigenvalue weighted by molar-refractivity contribution is 0.149. The molecule has 100 valence electrons. The third kappa shape index (κ3) is 3.64. The first-order valence-electron chi connectivity index (χ1n) is 6.41. The topological polar surface area (TPSA) is 75.4 Å². The molecule has 0 aromatic heterocycles. The summed E-state index contributed by atoms with van der Waals surface area (Å²) in [6, 6.07) is 2.01. The van der Waals surface area contributed by atoms with Crippen LogP contribution in [0.5, 0.6) is 0 Å². The van der Waals surface area contributed by atoms with Crippen LogP contribution in [0.25, 0.3) is 0 Å². The Bertz CT molecular complexity index is 344. The van der Waals surface area contributed by atoms with E-state index in [2.05, 4.69) is 17.3 Å². The van der Waals surface area contributed by atoms with Crippen molar-refractivity contribution in [2.75, 3.05) is 19.3 Å². The maximum absolute atomic E-state index is 10.8. The fraction of sp³-hybridized carbons (Fsp3) is 1.00. The zero-order chi connectivity index (χ0) is 12.5. The molecule has 2 bridgehead atoms. The minimum absolute atomic E-state index is 0.0828. The predicted octanol–water partition coefficient (Wildman–Crippen LogP) is -0.120. The number of hydrogen-bond donors (Lipinski definition) is 2. The monoisotopic (exact) mass is 261 g/mol. The third-order valence-corrected chi connectivity index (χ3v) is 4.99. The normalized spacial score (nSPS) is 34.1. The molecule has 0 aromatic rings. The highest BCUT2D eigenvalue weighted by atomic mass is 32.2. The molecule has 0 aliphatic carbocycles. The Morgan fingerprint density at radius 2 is 1.88 bits per heavy atom. The predicted molar refractivity (Wildman–Crippen MR) is 68.2 cm³/mol. The Morgan fingerprint density at radius 3 is 2.41 bits per heavy atom. The van der Waals surface area contributed by atoms with Crippen molar-refractivity contribution in [1.82, 2.24) is 10.2 Å². The van der Waals surface area contributed by atoms with Crippen LogP contribution in [-0.2, 0) is 10.0 Å². The van der Waals surface area contributed by atoms with Crippen molar-refractivity contribution in [3.63, 3.8) is 0 Å². The molecular formula is C11H23N3O2S. The molecule has 0 saturated carbocycles. The van der Waals surface area contributed by atoms with Gasteiger partial charge in [-0.25, -0.2) is 13.6 Å². The smallest absolute Gasteiger partial charge is 0.209 e. The second-order valence-corrected chi connectivity index (χ2v) is 7.13. The van der Waals surface area contributed by atoms with Crippen LogP contribution < -0.4 is 10.5 Å².